The molecule has 2 saturated heterocycles. The highest BCUT2D eigenvalue weighted by Gasteiger charge is 2.47. The molecule has 2 fully saturated rings. The van der Waals surface area contributed by atoms with E-state index >= 15 is 0 Å². The van der Waals surface area contributed by atoms with Gasteiger partial charge in [-0.15, -0.1) is 0 Å². The Morgan fingerprint density at radius 2 is 1.75 bits per heavy atom. The van der Waals surface area contributed by atoms with Crippen molar-refractivity contribution in [1.82, 2.24) is 14.2 Å². The van der Waals surface area contributed by atoms with E-state index < -0.39 is 15.3 Å². The fraction of sp³-hybridized carbons (Fsp3) is 0.400. The number of benzene rings is 1. The minimum atomic E-state index is -3.37. The van der Waals surface area contributed by atoms with Gasteiger partial charge in [-0.3, -0.25) is 9.78 Å². The van der Waals surface area contributed by atoms with Crippen molar-refractivity contribution in [1.29, 1.82) is 0 Å². The van der Waals surface area contributed by atoms with Gasteiger partial charge in [-0.2, -0.15) is 4.31 Å². The standard InChI is InChI=1S/C20H22ClN3O3S/c21-18-3-1-16(2-4-18)20(25)23-11-7-17-14-24(13-15-5-9-22-10-6-15)28(26,27)19(17)8-12-23/h1-6,9-10,17,19H,7-8,11-14H2/t17-,19-/m1/s1. The number of carbonyl (C=O) groups is 1. The summed E-state index contributed by atoms with van der Waals surface area (Å²) < 4.78 is 27.7. The number of rotatable bonds is 3. The lowest BCUT2D eigenvalue weighted by Crippen LogP contribution is -2.34. The largest absolute Gasteiger partial charge is 0.339 e. The van der Waals surface area contributed by atoms with Crippen molar-refractivity contribution in [3.05, 3.63) is 64.9 Å². The maximum Gasteiger partial charge on any atom is 0.253 e. The monoisotopic (exact) mass is 419 g/mol. The van der Waals surface area contributed by atoms with Gasteiger partial charge in [0.25, 0.3) is 5.91 Å². The number of fused-ring (bicyclic) bond motifs is 1. The molecular weight excluding hydrogens is 398 g/mol. The van der Waals surface area contributed by atoms with Crippen LogP contribution in [0.1, 0.15) is 28.8 Å². The minimum Gasteiger partial charge on any atom is -0.339 e. The van der Waals surface area contributed by atoms with Gasteiger partial charge in [-0.25, -0.2) is 8.42 Å². The Morgan fingerprint density at radius 1 is 1.07 bits per heavy atom. The van der Waals surface area contributed by atoms with Crippen LogP contribution in [0.2, 0.25) is 5.02 Å². The van der Waals surface area contributed by atoms with Crippen LogP contribution in [-0.2, 0) is 16.6 Å². The molecule has 148 valence electrons. The molecule has 2 aromatic rings. The molecule has 0 unspecified atom stereocenters. The predicted octanol–water partition coefficient (Wildman–Crippen LogP) is 2.80. The van der Waals surface area contributed by atoms with Crippen molar-refractivity contribution in [2.45, 2.75) is 24.6 Å². The third kappa shape index (κ3) is 3.79. The Hall–Kier alpha value is -1.96. The Labute approximate surface area is 170 Å². The second-order valence-electron chi connectivity index (χ2n) is 7.37. The van der Waals surface area contributed by atoms with E-state index in [1.54, 1.807) is 45.9 Å². The van der Waals surface area contributed by atoms with Gasteiger partial charge in [-0.05, 0) is 60.7 Å². The average Bonchev–Trinajstić information content (AvgIpc) is 2.84. The van der Waals surface area contributed by atoms with Crippen LogP contribution >= 0.6 is 11.6 Å². The summed E-state index contributed by atoms with van der Waals surface area (Å²) in [7, 11) is -3.37. The molecule has 6 nitrogen and oxygen atoms in total. The normalized spacial score (nSPS) is 24.5. The van der Waals surface area contributed by atoms with Crippen molar-refractivity contribution in [3.63, 3.8) is 0 Å². The van der Waals surface area contributed by atoms with E-state index in [0.717, 1.165) is 5.56 Å². The molecule has 0 N–H and O–H groups in total. The number of likely N-dealkylation sites (tertiary alicyclic amines) is 1. The van der Waals surface area contributed by atoms with Crippen molar-refractivity contribution >= 4 is 27.5 Å². The maximum atomic E-state index is 13.1. The second-order valence-corrected chi connectivity index (χ2v) is 9.96. The third-order valence-electron chi connectivity index (χ3n) is 5.65. The molecule has 0 bridgehead atoms. The zero-order valence-electron chi connectivity index (χ0n) is 15.4. The smallest absolute Gasteiger partial charge is 0.253 e. The van der Waals surface area contributed by atoms with E-state index in [-0.39, 0.29) is 11.8 Å². The summed E-state index contributed by atoms with van der Waals surface area (Å²) >= 11 is 5.90. The molecule has 28 heavy (non-hydrogen) atoms. The van der Waals surface area contributed by atoms with Gasteiger partial charge in [0.05, 0.1) is 5.25 Å². The van der Waals surface area contributed by atoms with Crippen molar-refractivity contribution in [3.8, 4) is 0 Å². The Balaban J connectivity index is 1.45. The van der Waals surface area contributed by atoms with E-state index in [2.05, 4.69) is 4.98 Å². The number of amides is 1. The molecule has 0 saturated carbocycles. The number of halogens is 1. The SMILES string of the molecule is O=C(c1ccc(Cl)cc1)N1CC[C@@H]2CN(Cc3ccncc3)S(=O)(=O)[C@@H]2CC1. The number of pyridine rings is 1. The first-order valence-electron chi connectivity index (χ1n) is 9.38. The van der Waals surface area contributed by atoms with Crippen LogP contribution in [0, 0.1) is 5.92 Å². The lowest BCUT2D eigenvalue weighted by atomic mass is 10.0. The van der Waals surface area contributed by atoms with Crippen LogP contribution < -0.4 is 0 Å². The van der Waals surface area contributed by atoms with Gasteiger partial charge in [0, 0.05) is 49.2 Å². The molecule has 1 aromatic heterocycles. The molecule has 4 rings (SSSR count). The van der Waals surface area contributed by atoms with Gasteiger partial charge in [0.15, 0.2) is 0 Å². The van der Waals surface area contributed by atoms with E-state index in [1.165, 1.54) is 0 Å². The lowest BCUT2D eigenvalue weighted by Gasteiger charge is -2.22. The zero-order chi connectivity index (χ0) is 19.7. The fourth-order valence-corrected chi connectivity index (χ4v) is 6.47. The van der Waals surface area contributed by atoms with Gasteiger partial charge >= 0.3 is 0 Å². The summed E-state index contributed by atoms with van der Waals surface area (Å²) in [5, 5.41) is 0.166. The van der Waals surface area contributed by atoms with Crippen LogP contribution in [0.25, 0.3) is 0 Å². The summed E-state index contributed by atoms with van der Waals surface area (Å²) in [5.41, 5.74) is 1.52. The third-order valence-corrected chi connectivity index (χ3v) is 8.28. The first-order valence-corrected chi connectivity index (χ1v) is 11.3. The average molecular weight is 420 g/mol. The van der Waals surface area contributed by atoms with Gasteiger partial charge in [-0.1, -0.05) is 11.6 Å². The van der Waals surface area contributed by atoms with Crippen LogP contribution in [0.15, 0.2) is 48.8 Å². The van der Waals surface area contributed by atoms with E-state index in [9.17, 15) is 13.2 Å². The first kappa shape index (κ1) is 19.4. The molecule has 2 atom stereocenters. The Morgan fingerprint density at radius 3 is 2.46 bits per heavy atom. The molecule has 0 aliphatic carbocycles. The molecule has 0 spiro atoms. The number of hydrogen-bond donors (Lipinski definition) is 0. The summed E-state index contributed by atoms with van der Waals surface area (Å²) in [6, 6.07) is 10.5. The quantitative estimate of drug-likeness (QED) is 0.767. The van der Waals surface area contributed by atoms with Crippen molar-refractivity contribution in [2.75, 3.05) is 19.6 Å². The highest BCUT2D eigenvalue weighted by Crippen LogP contribution is 2.35. The fourth-order valence-electron chi connectivity index (χ4n) is 4.12. The molecule has 3 heterocycles. The lowest BCUT2D eigenvalue weighted by molar-refractivity contribution is 0.0759. The van der Waals surface area contributed by atoms with Gasteiger partial charge < -0.3 is 4.90 Å². The van der Waals surface area contributed by atoms with Crippen molar-refractivity contribution < 1.29 is 13.2 Å². The number of nitrogens with zero attached hydrogens (tertiary/aromatic N) is 3. The van der Waals surface area contributed by atoms with Crippen LogP contribution in [0.5, 0.6) is 0 Å². The molecule has 0 radical (unpaired) electrons. The Kier molecular flexibility index (Phi) is 5.40. The zero-order valence-corrected chi connectivity index (χ0v) is 16.9. The summed E-state index contributed by atoms with van der Waals surface area (Å²) in [5.74, 6) is -0.0162. The highest BCUT2D eigenvalue weighted by molar-refractivity contribution is 7.90. The first-order chi connectivity index (χ1) is 13.4. The summed E-state index contributed by atoms with van der Waals surface area (Å²) in [6.45, 7) is 1.91. The molecule has 1 amide bonds. The number of sulfonamides is 1. The molecule has 2 aliphatic rings. The molecule has 8 heteroatoms. The predicted molar refractivity (Wildman–Crippen MR) is 107 cm³/mol. The molecular formula is C20H22ClN3O3S. The summed E-state index contributed by atoms with van der Waals surface area (Å²) in [4.78, 5) is 18.5. The summed E-state index contributed by atoms with van der Waals surface area (Å²) in [6.07, 6.45) is 4.52. The van der Waals surface area contributed by atoms with E-state index in [0.29, 0.717) is 49.6 Å². The topological polar surface area (TPSA) is 70.6 Å². The van der Waals surface area contributed by atoms with Gasteiger partial charge in [0.1, 0.15) is 0 Å². The van der Waals surface area contributed by atoms with E-state index in [1.807, 2.05) is 12.1 Å². The second kappa shape index (κ2) is 7.81. The van der Waals surface area contributed by atoms with Crippen LogP contribution in [0.4, 0.5) is 0 Å². The van der Waals surface area contributed by atoms with Crippen LogP contribution in [-0.4, -0.2) is 53.4 Å². The molecule has 1 aromatic carbocycles. The Bertz CT molecular complexity index is 950. The van der Waals surface area contributed by atoms with E-state index in [4.69, 9.17) is 11.6 Å². The van der Waals surface area contributed by atoms with Crippen LogP contribution in [0.3, 0.4) is 0 Å². The van der Waals surface area contributed by atoms with Gasteiger partial charge in [0.2, 0.25) is 10.0 Å². The van der Waals surface area contributed by atoms with Crippen molar-refractivity contribution in [2.24, 2.45) is 5.92 Å². The number of carbonyl (C=O) groups excluding carboxylic acids is 1. The highest BCUT2D eigenvalue weighted by atomic mass is 35.5. The minimum absolute atomic E-state index is 0.0508. The molecule has 2 aliphatic heterocycles. The number of aromatic nitrogens is 1. The maximum absolute atomic E-state index is 13.1. The number of hydrogen-bond acceptors (Lipinski definition) is 4.